The zero-order valence-corrected chi connectivity index (χ0v) is 9.56. The third kappa shape index (κ3) is 2.68. The summed E-state index contributed by atoms with van der Waals surface area (Å²) in [6.45, 7) is 1.34. The average molecular weight is 233 g/mol. The summed E-state index contributed by atoms with van der Waals surface area (Å²) in [5.41, 5.74) is 6.77. The second-order valence-electron chi connectivity index (χ2n) is 4.07. The van der Waals surface area contributed by atoms with Gasteiger partial charge in [-0.3, -0.25) is 14.6 Å². The van der Waals surface area contributed by atoms with Crippen molar-refractivity contribution in [3.63, 3.8) is 0 Å². The highest BCUT2D eigenvalue weighted by Gasteiger charge is 2.21. The molecule has 0 aromatic carbocycles. The number of Topliss-reactive ketones (excluding diaryl/α,β-unsaturated/α-hetero) is 1. The van der Waals surface area contributed by atoms with E-state index in [-0.39, 0.29) is 11.7 Å². The number of carbonyl (C=O) groups is 2. The monoisotopic (exact) mass is 233 g/mol. The molecule has 0 unspecified atom stereocenters. The van der Waals surface area contributed by atoms with Gasteiger partial charge in [0.1, 0.15) is 5.78 Å². The molecule has 1 saturated heterocycles. The topological polar surface area (TPSA) is 76.3 Å². The van der Waals surface area contributed by atoms with E-state index < -0.39 is 0 Å². The van der Waals surface area contributed by atoms with Crippen LogP contribution in [-0.4, -0.2) is 34.7 Å². The lowest BCUT2D eigenvalue weighted by atomic mass is 10.1. The van der Waals surface area contributed by atoms with Crippen molar-refractivity contribution < 1.29 is 9.59 Å². The van der Waals surface area contributed by atoms with Crippen LogP contribution < -0.4 is 5.73 Å². The molecule has 1 aromatic heterocycles. The number of nitrogens with zero attached hydrogens (tertiary/aromatic N) is 2. The number of rotatable bonds is 2. The standard InChI is InChI=1S/C12H15N3O2/c13-8-10-7-9(1-4-14-10)12(17)15-5-2-11(16)3-6-15/h1,4,7H,2-3,5-6,8,13H2. The number of aromatic nitrogens is 1. The van der Waals surface area contributed by atoms with E-state index in [9.17, 15) is 9.59 Å². The Morgan fingerprint density at radius 3 is 2.76 bits per heavy atom. The van der Waals surface area contributed by atoms with Crippen LogP contribution in [0.4, 0.5) is 0 Å². The first-order valence-electron chi connectivity index (χ1n) is 5.66. The van der Waals surface area contributed by atoms with E-state index in [4.69, 9.17) is 5.73 Å². The van der Waals surface area contributed by atoms with Crippen molar-refractivity contribution in [2.45, 2.75) is 19.4 Å². The summed E-state index contributed by atoms with van der Waals surface area (Å²) in [6, 6.07) is 3.39. The molecule has 2 heterocycles. The van der Waals surface area contributed by atoms with E-state index in [1.807, 2.05) is 0 Å². The van der Waals surface area contributed by atoms with E-state index >= 15 is 0 Å². The van der Waals surface area contributed by atoms with Crippen LogP contribution >= 0.6 is 0 Å². The molecule has 0 bridgehead atoms. The minimum Gasteiger partial charge on any atom is -0.338 e. The zero-order valence-electron chi connectivity index (χ0n) is 9.56. The largest absolute Gasteiger partial charge is 0.338 e. The Balaban J connectivity index is 2.10. The van der Waals surface area contributed by atoms with Gasteiger partial charge in [-0.05, 0) is 12.1 Å². The van der Waals surface area contributed by atoms with Crippen molar-refractivity contribution in [3.8, 4) is 0 Å². The van der Waals surface area contributed by atoms with Crippen molar-refractivity contribution in [2.75, 3.05) is 13.1 Å². The fourth-order valence-corrected chi connectivity index (χ4v) is 1.86. The van der Waals surface area contributed by atoms with Crippen LogP contribution in [0, 0.1) is 0 Å². The lowest BCUT2D eigenvalue weighted by Gasteiger charge is -2.26. The summed E-state index contributed by atoms with van der Waals surface area (Å²) >= 11 is 0. The summed E-state index contributed by atoms with van der Waals surface area (Å²) in [7, 11) is 0. The first-order valence-corrected chi connectivity index (χ1v) is 5.66. The molecule has 0 saturated carbocycles. The number of hydrogen-bond acceptors (Lipinski definition) is 4. The molecule has 0 atom stereocenters. The van der Waals surface area contributed by atoms with Gasteiger partial charge in [-0.1, -0.05) is 0 Å². The summed E-state index contributed by atoms with van der Waals surface area (Å²) in [5, 5.41) is 0. The Bertz CT molecular complexity index is 435. The molecule has 5 nitrogen and oxygen atoms in total. The molecule has 17 heavy (non-hydrogen) atoms. The summed E-state index contributed by atoms with van der Waals surface area (Å²) in [5.74, 6) is 0.182. The maximum Gasteiger partial charge on any atom is 0.253 e. The highest BCUT2D eigenvalue weighted by molar-refractivity contribution is 5.95. The van der Waals surface area contributed by atoms with Gasteiger partial charge in [0, 0.05) is 44.2 Å². The number of hydrogen-bond donors (Lipinski definition) is 1. The second-order valence-corrected chi connectivity index (χ2v) is 4.07. The number of ketones is 1. The van der Waals surface area contributed by atoms with Crippen molar-refractivity contribution in [2.24, 2.45) is 5.73 Å². The third-order valence-electron chi connectivity index (χ3n) is 2.88. The lowest BCUT2D eigenvalue weighted by Crippen LogP contribution is -2.38. The Morgan fingerprint density at radius 2 is 2.12 bits per heavy atom. The Kier molecular flexibility index (Phi) is 3.49. The molecule has 0 radical (unpaired) electrons. The smallest absolute Gasteiger partial charge is 0.253 e. The number of carbonyl (C=O) groups excluding carboxylic acids is 2. The fraction of sp³-hybridized carbons (Fsp3) is 0.417. The van der Waals surface area contributed by atoms with Gasteiger partial charge >= 0.3 is 0 Å². The highest BCUT2D eigenvalue weighted by Crippen LogP contribution is 2.11. The van der Waals surface area contributed by atoms with Crippen molar-refractivity contribution >= 4 is 11.7 Å². The molecule has 0 spiro atoms. The van der Waals surface area contributed by atoms with E-state index in [1.165, 1.54) is 0 Å². The number of likely N-dealkylation sites (tertiary alicyclic amines) is 1. The molecule has 5 heteroatoms. The van der Waals surface area contributed by atoms with Crippen LogP contribution in [0.2, 0.25) is 0 Å². The van der Waals surface area contributed by atoms with Gasteiger partial charge in [0.15, 0.2) is 0 Å². The highest BCUT2D eigenvalue weighted by atomic mass is 16.2. The van der Waals surface area contributed by atoms with E-state index in [1.54, 1.807) is 23.2 Å². The second kappa shape index (κ2) is 5.05. The van der Waals surface area contributed by atoms with Gasteiger partial charge in [0.25, 0.3) is 5.91 Å². The number of nitrogens with two attached hydrogens (primary N) is 1. The minimum absolute atomic E-state index is 0.0467. The Hall–Kier alpha value is -1.75. The van der Waals surface area contributed by atoms with Gasteiger partial charge in [0.2, 0.25) is 0 Å². The zero-order chi connectivity index (χ0) is 12.3. The van der Waals surface area contributed by atoms with Crippen LogP contribution in [0.15, 0.2) is 18.3 Å². The van der Waals surface area contributed by atoms with Crippen molar-refractivity contribution in [1.82, 2.24) is 9.88 Å². The number of pyridine rings is 1. The van der Waals surface area contributed by atoms with Gasteiger partial charge in [0.05, 0.1) is 5.69 Å². The van der Waals surface area contributed by atoms with Gasteiger partial charge in [-0.2, -0.15) is 0 Å². The molecule has 0 aliphatic carbocycles. The summed E-state index contributed by atoms with van der Waals surface area (Å²) in [6.07, 6.45) is 2.51. The fourth-order valence-electron chi connectivity index (χ4n) is 1.86. The maximum absolute atomic E-state index is 12.1. The minimum atomic E-state index is -0.0467. The molecule has 2 rings (SSSR count). The quantitative estimate of drug-likeness (QED) is 0.799. The van der Waals surface area contributed by atoms with Crippen molar-refractivity contribution in [1.29, 1.82) is 0 Å². The van der Waals surface area contributed by atoms with E-state index in [2.05, 4.69) is 4.98 Å². The molecule has 2 N–H and O–H groups in total. The first-order chi connectivity index (χ1) is 8.20. The molecular formula is C12H15N3O2. The normalized spacial score (nSPS) is 16.1. The summed E-state index contributed by atoms with van der Waals surface area (Å²) in [4.78, 5) is 29.0. The predicted molar refractivity (Wildman–Crippen MR) is 62.3 cm³/mol. The predicted octanol–water partition coefficient (Wildman–Crippen LogP) is 0.345. The summed E-state index contributed by atoms with van der Waals surface area (Å²) < 4.78 is 0. The molecule has 1 aliphatic rings. The third-order valence-corrected chi connectivity index (χ3v) is 2.88. The van der Waals surface area contributed by atoms with Crippen LogP contribution in [0.1, 0.15) is 28.9 Å². The molecule has 90 valence electrons. The van der Waals surface area contributed by atoms with Crippen LogP contribution in [-0.2, 0) is 11.3 Å². The molecule has 1 amide bonds. The van der Waals surface area contributed by atoms with Gasteiger partial charge in [-0.15, -0.1) is 0 Å². The lowest BCUT2D eigenvalue weighted by molar-refractivity contribution is -0.120. The van der Waals surface area contributed by atoms with E-state index in [0.717, 1.165) is 0 Å². The van der Waals surface area contributed by atoms with Crippen LogP contribution in [0.25, 0.3) is 0 Å². The average Bonchev–Trinajstić information content (AvgIpc) is 2.39. The molecule has 1 fully saturated rings. The van der Waals surface area contributed by atoms with Crippen LogP contribution in [0.3, 0.4) is 0 Å². The number of piperidine rings is 1. The molecule has 1 aromatic rings. The molecular weight excluding hydrogens is 218 g/mol. The molecule has 1 aliphatic heterocycles. The van der Waals surface area contributed by atoms with Gasteiger partial charge in [-0.25, -0.2) is 0 Å². The maximum atomic E-state index is 12.1. The Morgan fingerprint density at radius 1 is 1.41 bits per heavy atom. The van der Waals surface area contributed by atoms with Crippen molar-refractivity contribution in [3.05, 3.63) is 29.6 Å². The Labute approximate surface area is 99.6 Å². The van der Waals surface area contributed by atoms with E-state index in [0.29, 0.717) is 43.7 Å². The van der Waals surface area contributed by atoms with Crippen LogP contribution in [0.5, 0.6) is 0 Å². The number of amides is 1. The first kappa shape index (κ1) is 11.7. The SMILES string of the molecule is NCc1cc(C(=O)N2CCC(=O)CC2)ccn1. The van der Waals surface area contributed by atoms with Gasteiger partial charge < -0.3 is 10.6 Å².